The zero-order valence-corrected chi connectivity index (χ0v) is 14.8. The third kappa shape index (κ3) is 9.34. The van der Waals surface area contributed by atoms with E-state index in [-0.39, 0.29) is 25.9 Å². The van der Waals surface area contributed by atoms with Crippen LogP contribution in [0.15, 0.2) is 30.3 Å². The third-order valence-electron chi connectivity index (χ3n) is 3.04. The first-order valence-corrected chi connectivity index (χ1v) is 8.09. The smallest absolute Gasteiger partial charge is 0.408 e. The number of carbonyl (C=O) groups is 3. The van der Waals surface area contributed by atoms with Crippen molar-refractivity contribution in [3.63, 3.8) is 0 Å². The van der Waals surface area contributed by atoms with Gasteiger partial charge in [0, 0.05) is 12.8 Å². The Labute approximate surface area is 147 Å². The summed E-state index contributed by atoms with van der Waals surface area (Å²) in [5, 5.41) is 11.1. The number of benzene rings is 1. The maximum Gasteiger partial charge on any atom is 0.408 e. The Morgan fingerprint density at radius 1 is 1.16 bits per heavy atom. The van der Waals surface area contributed by atoms with Crippen LogP contribution < -0.4 is 5.32 Å². The number of hydrogen-bond acceptors (Lipinski definition) is 5. The molecule has 0 saturated heterocycles. The van der Waals surface area contributed by atoms with Crippen LogP contribution in [0.2, 0.25) is 0 Å². The van der Waals surface area contributed by atoms with Crippen molar-refractivity contribution in [3.8, 4) is 0 Å². The van der Waals surface area contributed by atoms with Crippen molar-refractivity contribution in [1.82, 2.24) is 5.32 Å². The minimum Gasteiger partial charge on any atom is -0.481 e. The molecular weight excluding hydrogens is 326 g/mol. The van der Waals surface area contributed by atoms with E-state index in [1.54, 1.807) is 20.8 Å². The molecule has 0 unspecified atom stereocenters. The maximum atomic E-state index is 12.3. The van der Waals surface area contributed by atoms with Crippen molar-refractivity contribution < 1.29 is 29.0 Å². The largest absolute Gasteiger partial charge is 0.481 e. The Kier molecular flexibility index (Phi) is 7.91. The summed E-state index contributed by atoms with van der Waals surface area (Å²) >= 11 is 0. The van der Waals surface area contributed by atoms with E-state index in [2.05, 4.69) is 5.32 Å². The van der Waals surface area contributed by atoms with Crippen LogP contribution in [0, 0.1) is 0 Å². The molecule has 7 nitrogen and oxygen atoms in total. The first-order chi connectivity index (χ1) is 11.7. The molecule has 138 valence electrons. The molecule has 1 aromatic rings. The van der Waals surface area contributed by atoms with Gasteiger partial charge in [-0.05, 0) is 32.8 Å². The van der Waals surface area contributed by atoms with E-state index in [4.69, 9.17) is 14.6 Å². The van der Waals surface area contributed by atoms with Gasteiger partial charge in [0.15, 0.2) is 0 Å². The lowest BCUT2D eigenvalue weighted by Crippen LogP contribution is -2.45. The number of nitrogens with one attached hydrogen (secondary N) is 1. The highest BCUT2D eigenvalue weighted by Gasteiger charge is 2.25. The molecule has 2 N–H and O–H groups in total. The number of alkyl carbamates (subject to hydrolysis) is 1. The molecule has 0 saturated carbocycles. The second-order valence-electron chi connectivity index (χ2n) is 6.55. The predicted octanol–water partition coefficient (Wildman–Crippen LogP) is 2.53. The molecule has 0 spiro atoms. The van der Waals surface area contributed by atoms with Gasteiger partial charge in [0.2, 0.25) is 0 Å². The molecular formula is C18H25NO6. The summed E-state index contributed by atoms with van der Waals surface area (Å²) in [6.45, 7) is 5.15. The molecule has 0 bridgehead atoms. The molecule has 1 atom stereocenters. The van der Waals surface area contributed by atoms with Crippen LogP contribution in [0.25, 0.3) is 0 Å². The van der Waals surface area contributed by atoms with Gasteiger partial charge in [-0.25, -0.2) is 9.59 Å². The number of carbonyl (C=O) groups excluding carboxylic acids is 2. The molecule has 1 aromatic carbocycles. The highest BCUT2D eigenvalue weighted by Crippen LogP contribution is 2.09. The van der Waals surface area contributed by atoms with E-state index in [1.807, 2.05) is 30.3 Å². The minimum absolute atomic E-state index is 0.0214. The standard InChI is InChI=1S/C18H25NO6/c1-18(2,3)25-17(23)19-14(12-13-8-5-4-6-9-13)16(22)24-11-7-10-15(20)21/h4-6,8-9,14H,7,10-12H2,1-3H3,(H,19,23)(H,20,21)/t14-/m1/s1. The average molecular weight is 351 g/mol. The molecule has 25 heavy (non-hydrogen) atoms. The first kappa shape index (κ1) is 20.5. The van der Waals surface area contributed by atoms with E-state index in [9.17, 15) is 14.4 Å². The lowest BCUT2D eigenvalue weighted by atomic mass is 10.1. The number of carboxylic acid groups (broad SMARTS) is 1. The Morgan fingerprint density at radius 3 is 2.36 bits per heavy atom. The fraction of sp³-hybridized carbons (Fsp3) is 0.500. The van der Waals surface area contributed by atoms with Crippen molar-refractivity contribution >= 4 is 18.0 Å². The summed E-state index contributed by atoms with van der Waals surface area (Å²) in [7, 11) is 0. The molecule has 0 aromatic heterocycles. The number of amides is 1. The Bertz CT molecular complexity index is 579. The minimum atomic E-state index is -0.955. The Hall–Kier alpha value is -2.57. The van der Waals surface area contributed by atoms with Crippen LogP contribution in [0.3, 0.4) is 0 Å². The van der Waals surface area contributed by atoms with Crippen molar-refractivity contribution in [2.24, 2.45) is 0 Å². The SMILES string of the molecule is CC(C)(C)OC(=O)N[C@H](Cc1ccccc1)C(=O)OCCCC(=O)O. The van der Waals surface area contributed by atoms with Gasteiger partial charge >= 0.3 is 18.0 Å². The lowest BCUT2D eigenvalue weighted by Gasteiger charge is -2.23. The highest BCUT2D eigenvalue weighted by atomic mass is 16.6. The van der Waals surface area contributed by atoms with Crippen molar-refractivity contribution in [2.75, 3.05) is 6.61 Å². The van der Waals surface area contributed by atoms with Gasteiger partial charge < -0.3 is 19.9 Å². The number of aliphatic carboxylic acids is 1. The second-order valence-corrected chi connectivity index (χ2v) is 6.55. The molecule has 0 aliphatic carbocycles. The van der Waals surface area contributed by atoms with E-state index >= 15 is 0 Å². The molecule has 0 aliphatic heterocycles. The van der Waals surface area contributed by atoms with Gasteiger partial charge in [0.05, 0.1) is 6.61 Å². The molecule has 0 radical (unpaired) electrons. The number of ether oxygens (including phenoxy) is 2. The van der Waals surface area contributed by atoms with Gasteiger partial charge in [-0.1, -0.05) is 30.3 Å². The van der Waals surface area contributed by atoms with Crippen molar-refractivity contribution in [1.29, 1.82) is 0 Å². The highest BCUT2D eigenvalue weighted by molar-refractivity contribution is 5.81. The number of carboxylic acids is 1. The normalized spacial score (nSPS) is 12.1. The fourth-order valence-corrected chi connectivity index (χ4v) is 1.99. The van der Waals surface area contributed by atoms with E-state index in [0.29, 0.717) is 0 Å². The molecule has 0 heterocycles. The van der Waals surface area contributed by atoms with Crippen LogP contribution >= 0.6 is 0 Å². The van der Waals surface area contributed by atoms with Crippen LogP contribution in [-0.2, 0) is 25.5 Å². The molecule has 1 rings (SSSR count). The predicted molar refractivity (Wildman–Crippen MR) is 91.1 cm³/mol. The summed E-state index contributed by atoms with van der Waals surface area (Å²) in [4.78, 5) is 34.7. The van der Waals surface area contributed by atoms with Gasteiger partial charge in [-0.15, -0.1) is 0 Å². The molecule has 0 aliphatic rings. The van der Waals surface area contributed by atoms with Gasteiger partial charge in [-0.2, -0.15) is 0 Å². The maximum absolute atomic E-state index is 12.3. The van der Waals surface area contributed by atoms with Crippen molar-refractivity contribution in [3.05, 3.63) is 35.9 Å². The van der Waals surface area contributed by atoms with Crippen LogP contribution in [0.4, 0.5) is 4.79 Å². The lowest BCUT2D eigenvalue weighted by molar-refractivity contribution is -0.147. The summed E-state index contributed by atoms with van der Waals surface area (Å²) in [6.07, 6.45) is -0.338. The zero-order valence-electron chi connectivity index (χ0n) is 14.8. The van der Waals surface area contributed by atoms with E-state index < -0.39 is 29.7 Å². The summed E-state index contributed by atoms with van der Waals surface area (Å²) < 4.78 is 10.3. The van der Waals surface area contributed by atoms with Crippen LogP contribution in [-0.4, -0.2) is 41.4 Å². The summed E-state index contributed by atoms with van der Waals surface area (Å²) in [5.41, 5.74) is 0.165. The van der Waals surface area contributed by atoms with Crippen LogP contribution in [0.5, 0.6) is 0 Å². The van der Waals surface area contributed by atoms with Gasteiger partial charge in [0.25, 0.3) is 0 Å². The first-order valence-electron chi connectivity index (χ1n) is 8.09. The third-order valence-corrected chi connectivity index (χ3v) is 3.04. The number of rotatable bonds is 8. The second kappa shape index (κ2) is 9.66. The van der Waals surface area contributed by atoms with E-state index in [0.717, 1.165) is 5.56 Å². The Morgan fingerprint density at radius 2 is 1.80 bits per heavy atom. The topological polar surface area (TPSA) is 102 Å². The zero-order chi connectivity index (χ0) is 18.9. The number of esters is 1. The number of hydrogen-bond donors (Lipinski definition) is 2. The van der Waals surface area contributed by atoms with E-state index in [1.165, 1.54) is 0 Å². The van der Waals surface area contributed by atoms with Gasteiger partial charge in [0.1, 0.15) is 11.6 Å². The quantitative estimate of drug-likeness (QED) is 0.551. The molecule has 7 heteroatoms. The van der Waals surface area contributed by atoms with Gasteiger partial charge in [-0.3, -0.25) is 4.79 Å². The summed E-state index contributed by atoms with van der Waals surface area (Å²) in [6, 6.07) is 8.27. The van der Waals surface area contributed by atoms with Crippen LogP contribution in [0.1, 0.15) is 39.2 Å². The fourth-order valence-electron chi connectivity index (χ4n) is 1.99. The molecule has 0 fully saturated rings. The monoisotopic (exact) mass is 351 g/mol. The molecule has 1 amide bonds. The van der Waals surface area contributed by atoms with Crippen molar-refractivity contribution in [2.45, 2.75) is 51.7 Å². The Balaban J connectivity index is 2.68. The summed E-state index contributed by atoms with van der Waals surface area (Å²) in [5.74, 6) is -1.58. The average Bonchev–Trinajstić information content (AvgIpc) is 2.49.